The molecule has 0 saturated carbocycles. The largest absolute Gasteiger partial charge is 0.379 e. The van der Waals surface area contributed by atoms with Crippen LogP contribution in [0.3, 0.4) is 0 Å². The topological polar surface area (TPSA) is 61.8 Å². The SMILES string of the molecule is CCOCCOCCOCCS(=O)(=O)C(C)C. The maximum Gasteiger partial charge on any atom is 0.154 e. The number of hydrogen-bond acceptors (Lipinski definition) is 5. The molecule has 0 saturated heterocycles. The summed E-state index contributed by atoms with van der Waals surface area (Å²) in [4.78, 5) is 0. The van der Waals surface area contributed by atoms with E-state index >= 15 is 0 Å². The Morgan fingerprint density at radius 2 is 1.35 bits per heavy atom. The lowest BCUT2D eigenvalue weighted by atomic mass is 10.6. The van der Waals surface area contributed by atoms with Crippen LogP contribution in [-0.2, 0) is 24.0 Å². The summed E-state index contributed by atoms with van der Waals surface area (Å²) in [6.07, 6.45) is 0. The van der Waals surface area contributed by atoms with Gasteiger partial charge < -0.3 is 14.2 Å². The van der Waals surface area contributed by atoms with E-state index in [9.17, 15) is 8.42 Å². The lowest BCUT2D eigenvalue weighted by Gasteiger charge is -2.08. The minimum absolute atomic E-state index is 0.0730. The van der Waals surface area contributed by atoms with Crippen molar-refractivity contribution in [1.29, 1.82) is 0 Å². The van der Waals surface area contributed by atoms with Gasteiger partial charge in [0, 0.05) is 6.61 Å². The molecule has 104 valence electrons. The molecule has 0 heterocycles. The molecule has 0 aliphatic carbocycles. The van der Waals surface area contributed by atoms with E-state index in [1.54, 1.807) is 13.8 Å². The lowest BCUT2D eigenvalue weighted by Crippen LogP contribution is -2.21. The summed E-state index contributed by atoms with van der Waals surface area (Å²) >= 11 is 0. The number of sulfone groups is 1. The van der Waals surface area contributed by atoms with Crippen molar-refractivity contribution >= 4 is 9.84 Å². The van der Waals surface area contributed by atoms with Gasteiger partial charge in [-0.25, -0.2) is 8.42 Å². The average molecular weight is 268 g/mol. The molecule has 0 bridgehead atoms. The van der Waals surface area contributed by atoms with Gasteiger partial charge in [-0.15, -0.1) is 0 Å². The normalized spacial score (nSPS) is 12.2. The smallest absolute Gasteiger partial charge is 0.154 e. The Kier molecular flexibility index (Phi) is 9.72. The van der Waals surface area contributed by atoms with E-state index in [0.29, 0.717) is 33.0 Å². The fourth-order valence-electron chi connectivity index (χ4n) is 0.995. The van der Waals surface area contributed by atoms with E-state index in [4.69, 9.17) is 14.2 Å². The first-order chi connectivity index (χ1) is 8.00. The molecule has 0 fully saturated rings. The zero-order valence-corrected chi connectivity index (χ0v) is 11.8. The van der Waals surface area contributed by atoms with Crippen LogP contribution >= 0.6 is 0 Å². The zero-order chi connectivity index (χ0) is 13.1. The van der Waals surface area contributed by atoms with E-state index < -0.39 is 9.84 Å². The molecule has 0 aromatic rings. The molecule has 0 rings (SSSR count). The van der Waals surface area contributed by atoms with Crippen LogP contribution in [0.4, 0.5) is 0 Å². The third-order valence-electron chi connectivity index (χ3n) is 2.18. The molecular formula is C11H24O5S. The number of rotatable bonds is 11. The third kappa shape index (κ3) is 9.52. The van der Waals surface area contributed by atoms with Crippen molar-refractivity contribution in [1.82, 2.24) is 0 Å². The molecule has 0 aliphatic rings. The first-order valence-corrected chi connectivity index (χ1v) is 7.67. The predicted octanol–water partition coefficient (Wildman–Crippen LogP) is 0.879. The molecule has 5 nitrogen and oxygen atoms in total. The van der Waals surface area contributed by atoms with Gasteiger partial charge in [-0.2, -0.15) is 0 Å². The van der Waals surface area contributed by atoms with Gasteiger partial charge in [0.15, 0.2) is 9.84 Å². The number of hydrogen-bond donors (Lipinski definition) is 0. The van der Waals surface area contributed by atoms with Crippen LogP contribution < -0.4 is 0 Å². The fraction of sp³-hybridized carbons (Fsp3) is 1.00. The van der Waals surface area contributed by atoms with Gasteiger partial charge in [0.2, 0.25) is 0 Å². The summed E-state index contributed by atoms with van der Waals surface area (Å²) in [6.45, 7) is 8.20. The van der Waals surface area contributed by atoms with Crippen molar-refractivity contribution < 1.29 is 22.6 Å². The Hall–Kier alpha value is -0.170. The summed E-state index contributed by atoms with van der Waals surface area (Å²) in [7, 11) is -2.99. The maximum absolute atomic E-state index is 11.4. The standard InChI is InChI=1S/C11H24O5S/c1-4-14-5-6-15-7-8-16-9-10-17(12,13)11(2)3/h11H,4-10H2,1-3H3. The molecule has 0 aromatic heterocycles. The second kappa shape index (κ2) is 9.82. The van der Waals surface area contributed by atoms with E-state index in [2.05, 4.69) is 0 Å². The van der Waals surface area contributed by atoms with Crippen LogP contribution in [0.25, 0.3) is 0 Å². The van der Waals surface area contributed by atoms with Crippen LogP contribution in [0.5, 0.6) is 0 Å². The van der Waals surface area contributed by atoms with Gasteiger partial charge in [0.05, 0.1) is 44.0 Å². The first kappa shape index (κ1) is 16.8. The van der Waals surface area contributed by atoms with E-state index in [1.165, 1.54) is 0 Å². The van der Waals surface area contributed by atoms with Gasteiger partial charge >= 0.3 is 0 Å². The molecule has 0 unspecified atom stereocenters. The van der Waals surface area contributed by atoms with E-state index in [1.807, 2.05) is 6.92 Å². The summed E-state index contributed by atoms with van der Waals surface area (Å²) in [5.41, 5.74) is 0. The molecule has 0 amide bonds. The molecule has 6 heteroatoms. The Balaban J connectivity index is 3.30. The summed E-state index contributed by atoms with van der Waals surface area (Å²) in [5, 5.41) is -0.339. The second-order valence-corrected chi connectivity index (χ2v) is 6.51. The van der Waals surface area contributed by atoms with Crippen LogP contribution in [0, 0.1) is 0 Å². The Morgan fingerprint density at radius 3 is 1.82 bits per heavy atom. The van der Waals surface area contributed by atoms with Gasteiger partial charge in [-0.1, -0.05) is 0 Å². The first-order valence-electron chi connectivity index (χ1n) is 5.95. The van der Waals surface area contributed by atoms with Gasteiger partial charge in [0.25, 0.3) is 0 Å². The maximum atomic E-state index is 11.4. The van der Waals surface area contributed by atoms with Gasteiger partial charge in [-0.3, -0.25) is 0 Å². The fourth-order valence-corrected chi connectivity index (χ4v) is 1.82. The second-order valence-electron chi connectivity index (χ2n) is 3.84. The molecule has 17 heavy (non-hydrogen) atoms. The van der Waals surface area contributed by atoms with Crippen molar-refractivity contribution in [3.8, 4) is 0 Å². The van der Waals surface area contributed by atoms with E-state index in [0.717, 1.165) is 0 Å². The highest BCUT2D eigenvalue weighted by atomic mass is 32.2. The quantitative estimate of drug-likeness (QED) is 0.521. The van der Waals surface area contributed by atoms with Crippen LogP contribution in [0.1, 0.15) is 20.8 Å². The summed E-state index contributed by atoms with van der Waals surface area (Å²) in [6, 6.07) is 0. The monoisotopic (exact) mass is 268 g/mol. The zero-order valence-electron chi connectivity index (χ0n) is 11.0. The summed E-state index contributed by atoms with van der Waals surface area (Å²) in [5.74, 6) is 0.0730. The minimum Gasteiger partial charge on any atom is -0.379 e. The van der Waals surface area contributed by atoms with Gasteiger partial charge in [-0.05, 0) is 20.8 Å². The van der Waals surface area contributed by atoms with Crippen molar-refractivity contribution in [2.75, 3.05) is 45.4 Å². The molecule has 0 spiro atoms. The average Bonchev–Trinajstić information content (AvgIpc) is 2.26. The Morgan fingerprint density at radius 1 is 0.882 bits per heavy atom. The Bertz CT molecular complexity index is 261. The molecule has 0 aromatic carbocycles. The van der Waals surface area contributed by atoms with Crippen LogP contribution in [-0.4, -0.2) is 59.1 Å². The molecule has 0 N–H and O–H groups in total. The van der Waals surface area contributed by atoms with Gasteiger partial charge in [0.1, 0.15) is 0 Å². The third-order valence-corrected chi connectivity index (χ3v) is 4.35. The molecular weight excluding hydrogens is 244 g/mol. The Labute approximate surface area is 104 Å². The molecule has 0 radical (unpaired) electrons. The highest BCUT2D eigenvalue weighted by Crippen LogP contribution is 2.00. The lowest BCUT2D eigenvalue weighted by molar-refractivity contribution is 0.0198. The van der Waals surface area contributed by atoms with Crippen molar-refractivity contribution in [3.05, 3.63) is 0 Å². The summed E-state index contributed by atoms with van der Waals surface area (Å²) < 4.78 is 38.3. The minimum atomic E-state index is -2.99. The van der Waals surface area contributed by atoms with Crippen molar-refractivity contribution in [2.24, 2.45) is 0 Å². The van der Waals surface area contributed by atoms with Crippen molar-refractivity contribution in [3.63, 3.8) is 0 Å². The van der Waals surface area contributed by atoms with Crippen LogP contribution in [0.15, 0.2) is 0 Å². The van der Waals surface area contributed by atoms with E-state index in [-0.39, 0.29) is 17.6 Å². The highest BCUT2D eigenvalue weighted by Gasteiger charge is 2.15. The number of ether oxygens (including phenoxy) is 3. The molecule has 0 aliphatic heterocycles. The van der Waals surface area contributed by atoms with Crippen LogP contribution in [0.2, 0.25) is 0 Å². The predicted molar refractivity (Wildman–Crippen MR) is 67.1 cm³/mol. The van der Waals surface area contributed by atoms with Crippen molar-refractivity contribution in [2.45, 2.75) is 26.0 Å². The highest BCUT2D eigenvalue weighted by molar-refractivity contribution is 7.91. The molecule has 0 atom stereocenters.